The van der Waals surface area contributed by atoms with E-state index in [1.54, 1.807) is 6.92 Å². The molecule has 1 aromatic carbocycles. The van der Waals surface area contributed by atoms with Crippen LogP contribution in [0.1, 0.15) is 12.5 Å². The summed E-state index contributed by atoms with van der Waals surface area (Å²) in [4.78, 5) is 11.3. The topological polar surface area (TPSA) is 73.6 Å². The van der Waals surface area contributed by atoms with Gasteiger partial charge in [-0.25, -0.2) is 0 Å². The maximum Gasteiger partial charge on any atom is 0.236 e. The van der Waals surface area contributed by atoms with Gasteiger partial charge in [-0.15, -0.1) is 12.4 Å². The Balaban J connectivity index is 0.00000162. The van der Waals surface area contributed by atoms with Gasteiger partial charge in [-0.1, -0.05) is 6.07 Å². The molecule has 0 aromatic heterocycles. The molecule has 0 spiro atoms. The molecule has 2 rings (SSSR count). The van der Waals surface area contributed by atoms with Crippen molar-refractivity contribution >= 4 is 18.3 Å². The third-order valence-corrected chi connectivity index (χ3v) is 2.49. The quantitative estimate of drug-likeness (QED) is 0.855. The highest BCUT2D eigenvalue weighted by molar-refractivity contribution is 5.85. The van der Waals surface area contributed by atoms with E-state index in [0.29, 0.717) is 19.8 Å². The van der Waals surface area contributed by atoms with E-state index < -0.39 is 6.04 Å². The molecule has 0 fully saturated rings. The third kappa shape index (κ3) is 3.51. The van der Waals surface area contributed by atoms with Gasteiger partial charge in [-0.3, -0.25) is 4.79 Å². The van der Waals surface area contributed by atoms with Crippen LogP contribution in [0.3, 0.4) is 0 Å². The lowest BCUT2D eigenvalue weighted by molar-refractivity contribution is -0.122. The average molecular weight is 273 g/mol. The third-order valence-electron chi connectivity index (χ3n) is 2.49. The number of benzene rings is 1. The Morgan fingerprint density at radius 1 is 1.39 bits per heavy atom. The first kappa shape index (κ1) is 14.6. The Bertz CT molecular complexity index is 424. The fourth-order valence-electron chi connectivity index (χ4n) is 1.55. The van der Waals surface area contributed by atoms with Gasteiger partial charge in [0.25, 0.3) is 0 Å². The second kappa shape index (κ2) is 6.47. The molecule has 0 saturated carbocycles. The van der Waals surface area contributed by atoms with Gasteiger partial charge in [-0.05, 0) is 24.6 Å². The minimum atomic E-state index is -0.493. The number of carbonyl (C=O) groups is 1. The number of nitrogens with one attached hydrogen (secondary N) is 1. The summed E-state index contributed by atoms with van der Waals surface area (Å²) in [6.45, 7) is 3.23. The van der Waals surface area contributed by atoms with Crippen LogP contribution < -0.4 is 20.5 Å². The van der Waals surface area contributed by atoms with Crippen LogP contribution in [0.5, 0.6) is 11.5 Å². The van der Waals surface area contributed by atoms with Crippen molar-refractivity contribution in [2.24, 2.45) is 5.73 Å². The van der Waals surface area contributed by atoms with Crippen LogP contribution in [-0.4, -0.2) is 25.2 Å². The van der Waals surface area contributed by atoms with E-state index in [1.165, 1.54) is 0 Å². The van der Waals surface area contributed by atoms with Crippen molar-refractivity contribution in [1.82, 2.24) is 5.32 Å². The fourth-order valence-corrected chi connectivity index (χ4v) is 1.55. The lowest BCUT2D eigenvalue weighted by atomic mass is 10.2. The predicted molar refractivity (Wildman–Crippen MR) is 70.2 cm³/mol. The first-order chi connectivity index (χ1) is 8.16. The zero-order valence-corrected chi connectivity index (χ0v) is 11.0. The lowest BCUT2D eigenvalue weighted by Crippen LogP contribution is -2.37. The lowest BCUT2D eigenvalue weighted by Gasteiger charge is -2.19. The first-order valence-corrected chi connectivity index (χ1v) is 5.58. The smallest absolute Gasteiger partial charge is 0.236 e. The highest BCUT2D eigenvalue weighted by Gasteiger charge is 2.12. The zero-order chi connectivity index (χ0) is 12.3. The molecular formula is C12H17ClN2O3. The highest BCUT2D eigenvalue weighted by atomic mass is 35.5. The van der Waals surface area contributed by atoms with Crippen LogP contribution in [0, 0.1) is 0 Å². The van der Waals surface area contributed by atoms with E-state index in [-0.39, 0.29) is 18.3 Å². The van der Waals surface area contributed by atoms with E-state index in [9.17, 15) is 4.79 Å². The summed E-state index contributed by atoms with van der Waals surface area (Å²) in [6, 6.07) is 5.12. The molecular weight excluding hydrogens is 256 g/mol. The minimum absolute atomic E-state index is 0. The molecule has 1 atom stereocenters. The minimum Gasteiger partial charge on any atom is -0.486 e. The number of nitrogens with two attached hydrogens (primary N) is 1. The molecule has 1 unspecified atom stereocenters. The van der Waals surface area contributed by atoms with Crippen molar-refractivity contribution in [3.8, 4) is 11.5 Å². The van der Waals surface area contributed by atoms with Crippen LogP contribution in [0.15, 0.2) is 18.2 Å². The number of carbonyl (C=O) groups excluding carboxylic acids is 1. The molecule has 1 aliphatic rings. The highest BCUT2D eigenvalue weighted by Crippen LogP contribution is 2.30. The molecule has 18 heavy (non-hydrogen) atoms. The molecule has 0 saturated heterocycles. The van der Waals surface area contributed by atoms with Gasteiger partial charge in [0, 0.05) is 6.54 Å². The van der Waals surface area contributed by atoms with Crippen molar-refractivity contribution in [1.29, 1.82) is 0 Å². The maximum atomic E-state index is 11.3. The summed E-state index contributed by atoms with van der Waals surface area (Å²) in [7, 11) is 0. The van der Waals surface area contributed by atoms with Gasteiger partial charge in [0.2, 0.25) is 5.91 Å². The number of rotatable bonds is 3. The summed E-state index contributed by atoms with van der Waals surface area (Å²) in [5, 5.41) is 2.74. The van der Waals surface area contributed by atoms with Gasteiger partial charge >= 0.3 is 0 Å². The van der Waals surface area contributed by atoms with Gasteiger partial charge < -0.3 is 20.5 Å². The summed E-state index contributed by atoms with van der Waals surface area (Å²) < 4.78 is 10.9. The van der Waals surface area contributed by atoms with Crippen molar-refractivity contribution in [2.45, 2.75) is 19.5 Å². The van der Waals surface area contributed by atoms with E-state index in [2.05, 4.69) is 5.32 Å². The van der Waals surface area contributed by atoms with E-state index in [1.807, 2.05) is 18.2 Å². The van der Waals surface area contributed by atoms with Crippen LogP contribution >= 0.6 is 12.4 Å². The Morgan fingerprint density at radius 3 is 2.72 bits per heavy atom. The molecule has 1 aromatic rings. The van der Waals surface area contributed by atoms with Crippen LogP contribution in [0.2, 0.25) is 0 Å². The molecule has 100 valence electrons. The van der Waals surface area contributed by atoms with Gasteiger partial charge in [0.1, 0.15) is 13.2 Å². The van der Waals surface area contributed by atoms with Crippen molar-refractivity contribution in [2.75, 3.05) is 13.2 Å². The predicted octanol–water partition coefficient (Wildman–Crippen LogP) is 0.843. The van der Waals surface area contributed by atoms with Crippen molar-refractivity contribution in [3.05, 3.63) is 23.8 Å². The maximum absolute atomic E-state index is 11.3. The number of fused-ring (bicyclic) bond motifs is 1. The number of hydrogen-bond acceptors (Lipinski definition) is 4. The fraction of sp³-hybridized carbons (Fsp3) is 0.417. The second-order valence-corrected chi connectivity index (χ2v) is 3.98. The summed E-state index contributed by atoms with van der Waals surface area (Å²) in [5.41, 5.74) is 6.42. The Hall–Kier alpha value is -1.46. The van der Waals surface area contributed by atoms with Gasteiger partial charge in [0.15, 0.2) is 11.5 Å². The number of amides is 1. The second-order valence-electron chi connectivity index (χ2n) is 3.98. The molecule has 1 aliphatic heterocycles. The largest absolute Gasteiger partial charge is 0.486 e. The molecule has 6 heteroatoms. The molecule has 0 radical (unpaired) electrons. The van der Waals surface area contributed by atoms with Crippen LogP contribution in [0.4, 0.5) is 0 Å². The Kier molecular flexibility index (Phi) is 5.25. The molecule has 0 aliphatic carbocycles. The number of halogens is 1. The normalized spacial score (nSPS) is 14.3. The van der Waals surface area contributed by atoms with Crippen LogP contribution in [-0.2, 0) is 11.3 Å². The summed E-state index contributed by atoms with van der Waals surface area (Å²) in [5.74, 6) is 1.31. The Labute approximate surface area is 112 Å². The standard InChI is InChI=1S/C12H16N2O3.ClH/c1-8(13)12(15)14-7-9-2-3-10-11(6-9)17-5-4-16-10;/h2-3,6,8H,4-5,7,13H2,1H3,(H,14,15);1H. The van der Waals surface area contributed by atoms with Crippen LogP contribution in [0.25, 0.3) is 0 Å². The van der Waals surface area contributed by atoms with Crippen molar-refractivity contribution < 1.29 is 14.3 Å². The molecule has 3 N–H and O–H groups in total. The number of hydrogen-bond donors (Lipinski definition) is 2. The average Bonchev–Trinajstić information content (AvgIpc) is 2.35. The molecule has 5 nitrogen and oxygen atoms in total. The van der Waals surface area contributed by atoms with E-state index in [0.717, 1.165) is 17.1 Å². The summed E-state index contributed by atoms with van der Waals surface area (Å²) >= 11 is 0. The first-order valence-electron chi connectivity index (χ1n) is 5.58. The monoisotopic (exact) mass is 272 g/mol. The molecule has 0 bridgehead atoms. The Morgan fingerprint density at radius 2 is 2.06 bits per heavy atom. The molecule has 1 heterocycles. The molecule has 1 amide bonds. The van der Waals surface area contributed by atoms with E-state index >= 15 is 0 Å². The van der Waals surface area contributed by atoms with Crippen molar-refractivity contribution in [3.63, 3.8) is 0 Å². The zero-order valence-electron chi connectivity index (χ0n) is 10.1. The van der Waals surface area contributed by atoms with Gasteiger partial charge in [0.05, 0.1) is 6.04 Å². The van der Waals surface area contributed by atoms with E-state index in [4.69, 9.17) is 15.2 Å². The van der Waals surface area contributed by atoms with Gasteiger partial charge in [-0.2, -0.15) is 0 Å². The summed E-state index contributed by atoms with van der Waals surface area (Å²) in [6.07, 6.45) is 0. The SMILES string of the molecule is CC(N)C(=O)NCc1ccc2c(c1)OCCO2.Cl. The number of ether oxygens (including phenoxy) is 2.